The molecule has 2 N–H and O–H groups in total. The second kappa shape index (κ2) is 7.69. The minimum Gasteiger partial charge on any atom is -0.326 e. The fraction of sp³-hybridized carbons (Fsp3) is 0.235. The van der Waals surface area contributed by atoms with Crippen LogP contribution in [0.5, 0.6) is 0 Å². The van der Waals surface area contributed by atoms with Gasteiger partial charge in [-0.15, -0.1) is 11.3 Å². The number of carbonyl (C=O) groups is 3. The van der Waals surface area contributed by atoms with Crippen molar-refractivity contribution in [3.63, 3.8) is 0 Å². The second-order valence-corrected chi connectivity index (χ2v) is 6.11. The van der Waals surface area contributed by atoms with Gasteiger partial charge in [0.2, 0.25) is 11.8 Å². The minimum atomic E-state index is -0.207. The second-order valence-electron chi connectivity index (χ2n) is 5.16. The normalized spacial score (nSPS) is 10.2. The van der Waals surface area contributed by atoms with Crippen LogP contribution in [-0.4, -0.2) is 17.6 Å². The molecular formula is C17H18N2O3S. The molecule has 2 aromatic rings. The number of hydrogen-bond acceptors (Lipinski definition) is 4. The molecule has 0 bridgehead atoms. The van der Waals surface area contributed by atoms with Crippen molar-refractivity contribution < 1.29 is 14.4 Å². The van der Waals surface area contributed by atoms with Crippen molar-refractivity contribution in [3.05, 3.63) is 46.2 Å². The first-order valence-corrected chi connectivity index (χ1v) is 8.08. The molecule has 0 saturated heterocycles. The van der Waals surface area contributed by atoms with Crippen molar-refractivity contribution in [2.24, 2.45) is 0 Å². The predicted octanol–water partition coefficient (Wildman–Crippen LogP) is 3.62. The van der Waals surface area contributed by atoms with E-state index in [9.17, 15) is 14.4 Å². The predicted molar refractivity (Wildman–Crippen MR) is 92.0 cm³/mol. The van der Waals surface area contributed by atoms with Crippen LogP contribution in [0.25, 0.3) is 0 Å². The van der Waals surface area contributed by atoms with Gasteiger partial charge in [-0.3, -0.25) is 14.4 Å². The lowest BCUT2D eigenvalue weighted by molar-refractivity contribution is -0.116. The Balaban J connectivity index is 1.89. The average Bonchev–Trinajstić information content (AvgIpc) is 3.01. The fourth-order valence-corrected chi connectivity index (χ4v) is 2.78. The van der Waals surface area contributed by atoms with Gasteiger partial charge in [0.1, 0.15) is 0 Å². The molecular weight excluding hydrogens is 312 g/mol. The van der Waals surface area contributed by atoms with E-state index in [-0.39, 0.29) is 30.4 Å². The number of rotatable bonds is 6. The van der Waals surface area contributed by atoms with E-state index in [1.807, 2.05) is 18.4 Å². The third kappa shape index (κ3) is 5.03. The first-order chi connectivity index (χ1) is 11.0. The van der Waals surface area contributed by atoms with Crippen molar-refractivity contribution in [3.8, 4) is 0 Å². The zero-order chi connectivity index (χ0) is 16.8. The maximum atomic E-state index is 11.9. The Hall–Kier alpha value is -2.47. The molecule has 0 aliphatic rings. The summed E-state index contributed by atoms with van der Waals surface area (Å²) in [6.45, 7) is 3.29. The van der Waals surface area contributed by atoms with Gasteiger partial charge < -0.3 is 10.6 Å². The first kappa shape index (κ1) is 16.9. The Bertz CT molecular complexity index is 723. The number of hydrogen-bond donors (Lipinski definition) is 2. The van der Waals surface area contributed by atoms with E-state index < -0.39 is 0 Å². The molecule has 0 aliphatic heterocycles. The maximum Gasteiger partial charge on any atom is 0.224 e. The van der Waals surface area contributed by atoms with Gasteiger partial charge in [0.15, 0.2) is 5.78 Å². The van der Waals surface area contributed by atoms with E-state index in [0.29, 0.717) is 16.3 Å². The molecule has 0 atom stereocenters. The van der Waals surface area contributed by atoms with E-state index >= 15 is 0 Å². The van der Waals surface area contributed by atoms with Crippen LogP contribution < -0.4 is 10.6 Å². The van der Waals surface area contributed by atoms with Crippen LogP contribution in [0.4, 0.5) is 11.4 Å². The summed E-state index contributed by atoms with van der Waals surface area (Å²) in [6.07, 6.45) is 0.332. The number of anilines is 2. The highest BCUT2D eigenvalue weighted by molar-refractivity contribution is 7.12. The van der Waals surface area contributed by atoms with E-state index in [1.54, 1.807) is 24.3 Å². The number of carbonyl (C=O) groups excluding carboxylic acids is 3. The summed E-state index contributed by atoms with van der Waals surface area (Å²) in [5, 5.41) is 7.32. The van der Waals surface area contributed by atoms with Gasteiger partial charge in [0, 0.05) is 31.1 Å². The Morgan fingerprint density at radius 2 is 1.87 bits per heavy atom. The molecule has 1 aromatic heterocycles. The molecule has 1 aromatic carbocycles. The van der Waals surface area contributed by atoms with Gasteiger partial charge in [-0.2, -0.15) is 0 Å². The molecule has 23 heavy (non-hydrogen) atoms. The summed E-state index contributed by atoms with van der Waals surface area (Å²) in [4.78, 5) is 35.5. The molecule has 2 rings (SSSR count). The highest BCUT2D eigenvalue weighted by atomic mass is 32.1. The fourth-order valence-electron chi connectivity index (χ4n) is 2.08. The largest absolute Gasteiger partial charge is 0.326 e. The number of ketones is 1. The van der Waals surface area contributed by atoms with Gasteiger partial charge in [-0.05, 0) is 42.1 Å². The zero-order valence-corrected chi connectivity index (χ0v) is 13.8. The monoisotopic (exact) mass is 330 g/mol. The molecule has 6 heteroatoms. The molecule has 0 unspecified atom stereocenters. The summed E-state index contributed by atoms with van der Waals surface area (Å²) in [5.41, 5.74) is 2.21. The van der Waals surface area contributed by atoms with E-state index in [2.05, 4.69) is 10.6 Å². The molecule has 1 heterocycles. The maximum absolute atomic E-state index is 11.9. The molecule has 0 aliphatic carbocycles. The SMILES string of the molecule is CC(=O)Nc1ccc(NC(=O)CCC(=O)c2cccs2)cc1C. The van der Waals surface area contributed by atoms with Crippen molar-refractivity contribution in [2.75, 3.05) is 10.6 Å². The molecule has 0 spiro atoms. The topological polar surface area (TPSA) is 75.3 Å². The number of amides is 2. The summed E-state index contributed by atoms with van der Waals surface area (Å²) >= 11 is 1.38. The van der Waals surface area contributed by atoms with Gasteiger partial charge in [-0.1, -0.05) is 6.07 Å². The minimum absolute atomic E-state index is 0.0210. The van der Waals surface area contributed by atoms with E-state index in [1.165, 1.54) is 18.3 Å². The molecule has 0 radical (unpaired) electrons. The Kier molecular flexibility index (Phi) is 5.65. The summed E-state index contributed by atoms with van der Waals surface area (Å²) in [5.74, 6) is -0.370. The highest BCUT2D eigenvalue weighted by Gasteiger charge is 2.11. The van der Waals surface area contributed by atoms with Crippen molar-refractivity contribution in [1.29, 1.82) is 0 Å². The summed E-state index contributed by atoms with van der Waals surface area (Å²) in [6, 6.07) is 8.82. The lowest BCUT2D eigenvalue weighted by atomic mass is 10.1. The number of nitrogens with one attached hydrogen (secondary N) is 2. The van der Waals surface area contributed by atoms with Crippen LogP contribution in [0.3, 0.4) is 0 Å². The number of Topliss-reactive ketones (excluding diaryl/α,β-unsaturated/α-hetero) is 1. The molecule has 2 amide bonds. The number of benzene rings is 1. The van der Waals surface area contributed by atoms with Crippen LogP contribution in [0.15, 0.2) is 35.7 Å². The number of thiophene rings is 1. The Labute approximate surface area is 138 Å². The van der Waals surface area contributed by atoms with Crippen LogP contribution in [0.2, 0.25) is 0 Å². The summed E-state index contributed by atoms with van der Waals surface area (Å²) < 4.78 is 0. The Morgan fingerprint density at radius 3 is 2.48 bits per heavy atom. The molecule has 5 nitrogen and oxygen atoms in total. The molecule has 120 valence electrons. The molecule has 0 fully saturated rings. The lowest BCUT2D eigenvalue weighted by Gasteiger charge is -2.10. The van der Waals surface area contributed by atoms with Crippen molar-refractivity contribution in [1.82, 2.24) is 0 Å². The highest BCUT2D eigenvalue weighted by Crippen LogP contribution is 2.20. The van der Waals surface area contributed by atoms with Crippen LogP contribution >= 0.6 is 11.3 Å². The average molecular weight is 330 g/mol. The van der Waals surface area contributed by atoms with Crippen LogP contribution in [-0.2, 0) is 9.59 Å². The number of aryl methyl sites for hydroxylation is 1. The van der Waals surface area contributed by atoms with Gasteiger partial charge in [0.25, 0.3) is 0 Å². The quantitative estimate of drug-likeness (QED) is 0.794. The first-order valence-electron chi connectivity index (χ1n) is 7.20. The third-order valence-corrected chi connectivity index (χ3v) is 4.11. The zero-order valence-electron chi connectivity index (χ0n) is 13.0. The standard InChI is InChI=1S/C17H18N2O3S/c1-11-10-13(5-6-14(11)18-12(2)20)19-17(22)8-7-15(21)16-4-3-9-23-16/h3-6,9-10H,7-8H2,1-2H3,(H,18,20)(H,19,22). The smallest absolute Gasteiger partial charge is 0.224 e. The van der Waals surface area contributed by atoms with Gasteiger partial charge in [0.05, 0.1) is 4.88 Å². The van der Waals surface area contributed by atoms with Crippen LogP contribution in [0.1, 0.15) is 35.0 Å². The Morgan fingerprint density at radius 1 is 1.09 bits per heavy atom. The van der Waals surface area contributed by atoms with Crippen molar-refractivity contribution in [2.45, 2.75) is 26.7 Å². The van der Waals surface area contributed by atoms with Gasteiger partial charge >= 0.3 is 0 Å². The van der Waals surface area contributed by atoms with Crippen LogP contribution in [0, 0.1) is 6.92 Å². The molecule has 0 saturated carbocycles. The van der Waals surface area contributed by atoms with Crippen molar-refractivity contribution >= 4 is 40.3 Å². The van der Waals surface area contributed by atoms with Gasteiger partial charge in [-0.25, -0.2) is 0 Å². The van der Waals surface area contributed by atoms with E-state index in [0.717, 1.165) is 5.56 Å². The van der Waals surface area contributed by atoms with E-state index in [4.69, 9.17) is 0 Å². The summed E-state index contributed by atoms with van der Waals surface area (Å²) in [7, 11) is 0. The lowest BCUT2D eigenvalue weighted by Crippen LogP contribution is -2.13. The third-order valence-electron chi connectivity index (χ3n) is 3.20.